The maximum atomic E-state index is 13.3. The van der Waals surface area contributed by atoms with E-state index in [-0.39, 0.29) is 23.3 Å². The van der Waals surface area contributed by atoms with Gasteiger partial charge in [-0.2, -0.15) is 0 Å². The molecule has 1 aromatic carbocycles. The molecule has 6 nitrogen and oxygen atoms in total. The van der Waals surface area contributed by atoms with Gasteiger partial charge in [-0.3, -0.25) is 4.79 Å². The second-order valence-electron chi connectivity index (χ2n) is 6.61. The van der Waals surface area contributed by atoms with Gasteiger partial charge in [-0.05, 0) is 37.0 Å². The van der Waals surface area contributed by atoms with E-state index in [0.717, 1.165) is 12.5 Å². The molecule has 25 heavy (non-hydrogen) atoms. The summed E-state index contributed by atoms with van der Waals surface area (Å²) in [5.41, 5.74) is 6.01. The van der Waals surface area contributed by atoms with Crippen molar-refractivity contribution in [2.75, 3.05) is 13.1 Å². The van der Waals surface area contributed by atoms with E-state index in [9.17, 15) is 17.6 Å². The summed E-state index contributed by atoms with van der Waals surface area (Å²) in [5.74, 6) is -0.691. The zero-order valence-electron chi connectivity index (χ0n) is 14.6. The minimum absolute atomic E-state index is 0.0665. The van der Waals surface area contributed by atoms with Gasteiger partial charge in [0, 0.05) is 19.1 Å². The molecule has 140 valence electrons. The number of nitrogens with zero attached hydrogens (tertiary/aromatic N) is 1. The zero-order chi connectivity index (χ0) is 18.6. The van der Waals surface area contributed by atoms with Crippen LogP contribution in [0.3, 0.4) is 0 Å². The number of benzene rings is 1. The number of carbonyl (C=O) groups is 1. The molecule has 3 unspecified atom stereocenters. The van der Waals surface area contributed by atoms with Crippen molar-refractivity contribution in [2.24, 2.45) is 11.7 Å². The monoisotopic (exact) mass is 371 g/mol. The van der Waals surface area contributed by atoms with Gasteiger partial charge in [0.05, 0.1) is 10.9 Å². The third-order valence-corrected chi connectivity index (χ3v) is 6.22. The van der Waals surface area contributed by atoms with Gasteiger partial charge >= 0.3 is 0 Å². The summed E-state index contributed by atoms with van der Waals surface area (Å²) < 4.78 is 40.7. The molecule has 0 spiro atoms. The minimum Gasteiger partial charge on any atom is -0.340 e. The number of hydrogen-bond donors (Lipinski definition) is 2. The molecule has 0 radical (unpaired) electrons. The summed E-state index contributed by atoms with van der Waals surface area (Å²) in [6, 6.07) is 3.88. The maximum absolute atomic E-state index is 13.3. The highest BCUT2D eigenvalue weighted by Gasteiger charge is 2.31. The highest BCUT2D eigenvalue weighted by Crippen LogP contribution is 2.17. The van der Waals surface area contributed by atoms with Gasteiger partial charge in [-0.1, -0.05) is 26.3 Å². The molecule has 1 amide bonds. The van der Waals surface area contributed by atoms with Crippen LogP contribution in [0.15, 0.2) is 29.2 Å². The largest absolute Gasteiger partial charge is 0.340 e. The third kappa shape index (κ3) is 4.99. The smallest absolute Gasteiger partial charge is 0.240 e. The first-order chi connectivity index (χ1) is 11.7. The van der Waals surface area contributed by atoms with Gasteiger partial charge < -0.3 is 10.6 Å². The number of amides is 1. The molecule has 1 aliphatic heterocycles. The second-order valence-corrected chi connectivity index (χ2v) is 8.33. The van der Waals surface area contributed by atoms with Gasteiger partial charge in [-0.25, -0.2) is 17.5 Å². The fourth-order valence-electron chi connectivity index (χ4n) is 2.90. The van der Waals surface area contributed by atoms with Crippen LogP contribution in [0.2, 0.25) is 0 Å². The van der Waals surface area contributed by atoms with Crippen LogP contribution in [0.4, 0.5) is 4.39 Å². The zero-order valence-corrected chi connectivity index (χ0v) is 15.4. The van der Waals surface area contributed by atoms with E-state index in [1.165, 1.54) is 18.2 Å². The van der Waals surface area contributed by atoms with E-state index in [0.29, 0.717) is 19.4 Å². The van der Waals surface area contributed by atoms with Crippen LogP contribution in [0.5, 0.6) is 0 Å². The lowest BCUT2D eigenvalue weighted by Crippen LogP contribution is -2.54. The molecule has 0 bridgehead atoms. The van der Waals surface area contributed by atoms with Gasteiger partial charge in [0.1, 0.15) is 5.82 Å². The SMILES string of the molecule is CCC(C)C(N)C(=O)N1CCCC(NS(=O)(=O)c2cccc(F)c2)C1. The lowest BCUT2D eigenvalue weighted by molar-refractivity contribution is -0.135. The van der Waals surface area contributed by atoms with Crippen molar-refractivity contribution in [1.82, 2.24) is 9.62 Å². The summed E-state index contributed by atoms with van der Waals surface area (Å²) in [6.07, 6.45) is 2.11. The Bertz CT molecular complexity index is 711. The first-order valence-electron chi connectivity index (χ1n) is 8.57. The molecular formula is C17H26FN3O3S. The average molecular weight is 371 g/mol. The van der Waals surface area contributed by atoms with E-state index in [2.05, 4.69) is 4.72 Å². The highest BCUT2D eigenvalue weighted by molar-refractivity contribution is 7.89. The van der Waals surface area contributed by atoms with E-state index in [1.807, 2.05) is 13.8 Å². The van der Waals surface area contributed by atoms with Crippen molar-refractivity contribution in [3.63, 3.8) is 0 Å². The van der Waals surface area contributed by atoms with Crippen molar-refractivity contribution in [1.29, 1.82) is 0 Å². The number of halogens is 1. The van der Waals surface area contributed by atoms with Gasteiger partial charge in [0.15, 0.2) is 0 Å². The third-order valence-electron chi connectivity index (χ3n) is 4.70. The molecular weight excluding hydrogens is 345 g/mol. The number of nitrogens with two attached hydrogens (primary N) is 1. The fourth-order valence-corrected chi connectivity index (χ4v) is 4.20. The average Bonchev–Trinajstić information content (AvgIpc) is 2.59. The molecule has 1 aliphatic rings. The van der Waals surface area contributed by atoms with Gasteiger partial charge in [0.25, 0.3) is 0 Å². The van der Waals surface area contributed by atoms with E-state index in [1.54, 1.807) is 4.90 Å². The molecule has 0 aliphatic carbocycles. The normalized spacial score (nSPS) is 21.0. The van der Waals surface area contributed by atoms with Crippen LogP contribution in [0.25, 0.3) is 0 Å². The summed E-state index contributed by atoms with van der Waals surface area (Å²) in [4.78, 5) is 14.0. The molecule has 1 heterocycles. The molecule has 3 N–H and O–H groups in total. The Balaban J connectivity index is 2.05. The van der Waals surface area contributed by atoms with E-state index < -0.39 is 27.9 Å². The van der Waals surface area contributed by atoms with Crippen LogP contribution >= 0.6 is 0 Å². The number of carbonyl (C=O) groups excluding carboxylic acids is 1. The number of hydrogen-bond acceptors (Lipinski definition) is 4. The van der Waals surface area contributed by atoms with Crippen LogP contribution in [0.1, 0.15) is 33.1 Å². The molecule has 0 saturated carbocycles. The van der Waals surface area contributed by atoms with Crippen LogP contribution in [-0.2, 0) is 14.8 Å². The molecule has 1 fully saturated rings. The number of rotatable bonds is 6. The molecule has 1 saturated heterocycles. The highest BCUT2D eigenvalue weighted by atomic mass is 32.2. The quantitative estimate of drug-likeness (QED) is 0.792. The summed E-state index contributed by atoms with van der Waals surface area (Å²) in [6.45, 7) is 4.75. The van der Waals surface area contributed by atoms with E-state index >= 15 is 0 Å². The Morgan fingerprint density at radius 1 is 1.48 bits per heavy atom. The Morgan fingerprint density at radius 2 is 2.20 bits per heavy atom. The van der Waals surface area contributed by atoms with E-state index in [4.69, 9.17) is 5.73 Å². The maximum Gasteiger partial charge on any atom is 0.240 e. The van der Waals surface area contributed by atoms with Crippen molar-refractivity contribution in [3.05, 3.63) is 30.1 Å². The lowest BCUT2D eigenvalue weighted by Gasteiger charge is -2.35. The van der Waals surface area contributed by atoms with Crippen molar-refractivity contribution >= 4 is 15.9 Å². The Hall–Kier alpha value is -1.51. The lowest BCUT2D eigenvalue weighted by atomic mass is 9.97. The van der Waals surface area contributed by atoms with Crippen molar-refractivity contribution < 1.29 is 17.6 Å². The molecule has 0 aromatic heterocycles. The number of nitrogens with one attached hydrogen (secondary N) is 1. The number of likely N-dealkylation sites (tertiary alicyclic amines) is 1. The Labute approximate surface area is 148 Å². The fraction of sp³-hybridized carbons (Fsp3) is 0.588. The number of piperidine rings is 1. The van der Waals surface area contributed by atoms with Crippen LogP contribution < -0.4 is 10.5 Å². The first-order valence-corrected chi connectivity index (χ1v) is 10.0. The molecule has 8 heteroatoms. The predicted molar refractivity (Wildman–Crippen MR) is 93.8 cm³/mol. The van der Waals surface area contributed by atoms with Gasteiger partial charge in [0.2, 0.25) is 15.9 Å². The first kappa shape index (κ1) is 19.8. The van der Waals surface area contributed by atoms with Crippen molar-refractivity contribution in [2.45, 2.75) is 50.1 Å². The predicted octanol–water partition coefficient (Wildman–Crippen LogP) is 1.47. The Morgan fingerprint density at radius 3 is 2.84 bits per heavy atom. The second kappa shape index (κ2) is 8.25. The number of sulfonamides is 1. The Kier molecular flexibility index (Phi) is 6.53. The van der Waals surface area contributed by atoms with Crippen LogP contribution in [0, 0.1) is 11.7 Å². The molecule has 2 rings (SSSR count). The van der Waals surface area contributed by atoms with Gasteiger partial charge in [-0.15, -0.1) is 0 Å². The summed E-state index contributed by atoms with van der Waals surface area (Å²) >= 11 is 0. The molecule has 3 atom stereocenters. The summed E-state index contributed by atoms with van der Waals surface area (Å²) in [7, 11) is -3.83. The molecule has 1 aromatic rings. The van der Waals surface area contributed by atoms with Crippen molar-refractivity contribution in [3.8, 4) is 0 Å². The van der Waals surface area contributed by atoms with Crippen LogP contribution in [-0.4, -0.2) is 44.4 Å². The minimum atomic E-state index is -3.83. The topological polar surface area (TPSA) is 92.5 Å². The summed E-state index contributed by atoms with van der Waals surface area (Å²) in [5, 5.41) is 0. The standard InChI is InChI=1S/C17H26FN3O3S/c1-3-12(2)16(19)17(22)21-9-5-7-14(11-21)20-25(23,24)15-8-4-6-13(18)10-15/h4,6,8,10,12,14,16,20H,3,5,7,9,11,19H2,1-2H3.